The normalized spacial score (nSPS) is 11.7. The molecule has 0 aromatic carbocycles. The second kappa shape index (κ2) is 9.56. The molecule has 0 aliphatic rings. The molecule has 0 aromatic heterocycles. The van der Waals surface area contributed by atoms with Gasteiger partial charge in [0.15, 0.2) is 0 Å². The topological polar surface area (TPSA) is 57.5 Å². The van der Waals surface area contributed by atoms with Crippen LogP contribution < -0.4 is 0 Å². The van der Waals surface area contributed by atoms with Crippen molar-refractivity contribution < 1.29 is 15.0 Å². The third kappa shape index (κ3) is 10.9. The average Bonchev–Trinajstić information content (AvgIpc) is 2.15. The van der Waals surface area contributed by atoms with Gasteiger partial charge in [0.25, 0.3) is 0 Å². The molecule has 0 aliphatic carbocycles. The van der Waals surface area contributed by atoms with Crippen LogP contribution in [0.1, 0.15) is 58.3 Å². The van der Waals surface area contributed by atoms with E-state index in [1.54, 1.807) is 0 Å². The lowest BCUT2D eigenvalue weighted by atomic mass is 10.1. The zero-order chi connectivity index (χ0) is 11.5. The van der Waals surface area contributed by atoms with E-state index in [2.05, 4.69) is 6.92 Å². The van der Waals surface area contributed by atoms with Crippen LogP contribution >= 0.6 is 0 Å². The molecule has 0 rings (SSSR count). The van der Waals surface area contributed by atoms with E-state index in [9.17, 15) is 4.79 Å². The van der Waals surface area contributed by atoms with Gasteiger partial charge >= 0.3 is 5.97 Å². The van der Waals surface area contributed by atoms with Gasteiger partial charge in [0.1, 0.15) is 0 Å². The van der Waals surface area contributed by atoms with E-state index in [0.717, 1.165) is 18.9 Å². The van der Waals surface area contributed by atoms with Crippen LogP contribution in [0, 0.1) is 0 Å². The SMILES string of the molecule is CCCCCCCCC/C(O)=C/C(=O)O. The summed E-state index contributed by atoms with van der Waals surface area (Å²) in [6, 6.07) is 0. The van der Waals surface area contributed by atoms with Crippen LogP contribution in [0.2, 0.25) is 0 Å². The summed E-state index contributed by atoms with van der Waals surface area (Å²) < 4.78 is 0. The molecule has 0 unspecified atom stereocenters. The van der Waals surface area contributed by atoms with Crippen LogP contribution in [-0.2, 0) is 4.79 Å². The number of carbonyl (C=O) groups is 1. The van der Waals surface area contributed by atoms with Crippen molar-refractivity contribution in [3.05, 3.63) is 11.8 Å². The zero-order valence-corrected chi connectivity index (χ0v) is 9.54. The van der Waals surface area contributed by atoms with Crippen molar-refractivity contribution >= 4 is 5.97 Å². The predicted molar refractivity (Wildman–Crippen MR) is 61.0 cm³/mol. The molecule has 0 amide bonds. The van der Waals surface area contributed by atoms with Gasteiger partial charge in [-0.2, -0.15) is 0 Å². The molecule has 0 aliphatic heterocycles. The van der Waals surface area contributed by atoms with Gasteiger partial charge in [0.2, 0.25) is 0 Å². The Labute approximate surface area is 91.8 Å². The number of unbranched alkanes of at least 4 members (excludes halogenated alkanes) is 6. The van der Waals surface area contributed by atoms with E-state index >= 15 is 0 Å². The maximum atomic E-state index is 10.2. The third-order valence-corrected chi connectivity index (χ3v) is 2.33. The maximum Gasteiger partial charge on any atom is 0.331 e. The lowest BCUT2D eigenvalue weighted by Crippen LogP contribution is -1.92. The minimum absolute atomic E-state index is 0.0175. The Morgan fingerprint density at radius 2 is 1.53 bits per heavy atom. The number of carboxylic acid groups (broad SMARTS) is 1. The predicted octanol–water partition coefficient (Wildman–Crippen LogP) is 3.65. The molecule has 88 valence electrons. The summed E-state index contributed by atoms with van der Waals surface area (Å²) in [7, 11) is 0. The number of hydrogen-bond acceptors (Lipinski definition) is 2. The molecule has 0 heterocycles. The molecule has 0 saturated heterocycles. The fourth-order valence-electron chi connectivity index (χ4n) is 1.48. The van der Waals surface area contributed by atoms with Gasteiger partial charge < -0.3 is 10.2 Å². The number of aliphatic carboxylic acids is 1. The second-order valence-electron chi connectivity index (χ2n) is 3.85. The van der Waals surface area contributed by atoms with Crippen LogP contribution in [-0.4, -0.2) is 16.2 Å². The minimum atomic E-state index is -1.07. The highest BCUT2D eigenvalue weighted by Crippen LogP contribution is 2.10. The summed E-state index contributed by atoms with van der Waals surface area (Å²) in [5, 5.41) is 17.5. The number of carboxylic acids is 1. The lowest BCUT2D eigenvalue weighted by Gasteiger charge is -2.00. The molecule has 3 heteroatoms. The van der Waals surface area contributed by atoms with Crippen molar-refractivity contribution in [2.45, 2.75) is 58.3 Å². The lowest BCUT2D eigenvalue weighted by molar-refractivity contribution is -0.131. The van der Waals surface area contributed by atoms with E-state index in [0.29, 0.717) is 6.42 Å². The number of rotatable bonds is 9. The van der Waals surface area contributed by atoms with Crippen molar-refractivity contribution in [2.75, 3.05) is 0 Å². The van der Waals surface area contributed by atoms with Crippen LogP contribution in [0.25, 0.3) is 0 Å². The largest absolute Gasteiger partial charge is 0.512 e. The summed E-state index contributed by atoms with van der Waals surface area (Å²) in [6.07, 6.45) is 9.57. The second-order valence-corrected chi connectivity index (χ2v) is 3.85. The van der Waals surface area contributed by atoms with Gasteiger partial charge in [0.05, 0.1) is 11.8 Å². The average molecular weight is 214 g/mol. The fraction of sp³-hybridized carbons (Fsp3) is 0.750. The highest BCUT2D eigenvalue weighted by molar-refractivity contribution is 5.80. The number of allylic oxidation sites excluding steroid dienone is 1. The van der Waals surface area contributed by atoms with E-state index in [4.69, 9.17) is 10.2 Å². The van der Waals surface area contributed by atoms with E-state index in [1.807, 2.05) is 0 Å². The number of aliphatic hydroxyl groups excluding tert-OH is 1. The maximum absolute atomic E-state index is 10.2. The van der Waals surface area contributed by atoms with Crippen LogP contribution in [0.4, 0.5) is 0 Å². The Morgan fingerprint density at radius 3 is 2.07 bits per heavy atom. The number of aliphatic hydroxyl groups is 1. The Hall–Kier alpha value is -0.990. The van der Waals surface area contributed by atoms with Gasteiger partial charge in [-0.05, 0) is 6.42 Å². The van der Waals surface area contributed by atoms with E-state index < -0.39 is 5.97 Å². The molecule has 0 fully saturated rings. The number of hydrogen-bond donors (Lipinski definition) is 2. The molecular formula is C12H22O3. The summed E-state index contributed by atoms with van der Waals surface area (Å²) in [6.45, 7) is 2.19. The van der Waals surface area contributed by atoms with Crippen molar-refractivity contribution in [2.24, 2.45) is 0 Å². The van der Waals surface area contributed by atoms with E-state index in [1.165, 1.54) is 32.1 Å². The molecule has 0 atom stereocenters. The van der Waals surface area contributed by atoms with Gasteiger partial charge in [-0.25, -0.2) is 4.79 Å². The minimum Gasteiger partial charge on any atom is -0.512 e. The first-order chi connectivity index (χ1) is 7.16. The zero-order valence-electron chi connectivity index (χ0n) is 9.54. The summed E-state index contributed by atoms with van der Waals surface area (Å²) >= 11 is 0. The quantitative estimate of drug-likeness (QED) is 0.350. The van der Waals surface area contributed by atoms with Crippen molar-refractivity contribution in [3.8, 4) is 0 Å². The third-order valence-electron chi connectivity index (χ3n) is 2.33. The highest BCUT2D eigenvalue weighted by atomic mass is 16.4. The van der Waals surface area contributed by atoms with Crippen LogP contribution in [0.5, 0.6) is 0 Å². The Morgan fingerprint density at radius 1 is 1.00 bits per heavy atom. The Bertz CT molecular complexity index is 197. The fourth-order valence-corrected chi connectivity index (χ4v) is 1.48. The Balaban J connectivity index is 3.27. The van der Waals surface area contributed by atoms with Gasteiger partial charge in [0, 0.05) is 6.42 Å². The molecule has 0 spiro atoms. The molecular weight excluding hydrogens is 192 g/mol. The van der Waals surface area contributed by atoms with Crippen LogP contribution in [0.15, 0.2) is 11.8 Å². The van der Waals surface area contributed by atoms with Crippen molar-refractivity contribution in [1.82, 2.24) is 0 Å². The first-order valence-electron chi connectivity index (χ1n) is 5.79. The van der Waals surface area contributed by atoms with Crippen molar-refractivity contribution in [3.63, 3.8) is 0 Å². The molecule has 0 radical (unpaired) electrons. The summed E-state index contributed by atoms with van der Waals surface area (Å²) in [5.74, 6) is -1.09. The van der Waals surface area contributed by atoms with Gasteiger partial charge in [-0.15, -0.1) is 0 Å². The molecule has 0 saturated carbocycles. The van der Waals surface area contributed by atoms with Gasteiger partial charge in [-0.1, -0.05) is 45.4 Å². The molecule has 0 bridgehead atoms. The molecule has 3 nitrogen and oxygen atoms in total. The van der Waals surface area contributed by atoms with Gasteiger partial charge in [-0.3, -0.25) is 0 Å². The van der Waals surface area contributed by atoms with Crippen molar-refractivity contribution in [1.29, 1.82) is 0 Å². The first-order valence-corrected chi connectivity index (χ1v) is 5.79. The first kappa shape index (κ1) is 14.0. The monoisotopic (exact) mass is 214 g/mol. The summed E-state index contributed by atoms with van der Waals surface area (Å²) in [4.78, 5) is 10.2. The Kier molecular flexibility index (Phi) is 8.93. The smallest absolute Gasteiger partial charge is 0.331 e. The summed E-state index contributed by atoms with van der Waals surface area (Å²) in [5.41, 5.74) is 0. The molecule has 2 N–H and O–H groups in total. The van der Waals surface area contributed by atoms with Crippen LogP contribution in [0.3, 0.4) is 0 Å². The molecule has 15 heavy (non-hydrogen) atoms. The standard InChI is InChI=1S/C12H22O3/c1-2-3-4-5-6-7-8-9-11(13)10-12(14)15/h10,13H,2-9H2,1H3,(H,14,15)/b11-10-. The molecule has 0 aromatic rings. The van der Waals surface area contributed by atoms with E-state index in [-0.39, 0.29) is 5.76 Å². The highest BCUT2D eigenvalue weighted by Gasteiger charge is 1.97.